The van der Waals surface area contributed by atoms with Crippen LogP contribution in [0.1, 0.15) is 18.2 Å². The number of hydrogen-bond donors (Lipinski definition) is 1. The summed E-state index contributed by atoms with van der Waals surface area (Å²) in [5, 5.41) is 12.3. The molecule has 5 rings (SSSR count). The van der Waals surface area contributed by atoms with Gasteiger partial charge in [0.2, 0.25) is 5.91 Å². The van der Waals surface area contributed by atoms with Crippen molar-refractivity contribution >= 4 is 22.5 Å². The summed E-state index contributed by atoms with van der Waals surface area (Å²) in [7, 11) is 1.59. The van der Waals surface area contributed by atoms with E-state index >= 15 is 0 Å². The van der Waals surface area contributed by atoms with Crippen LogP contribution < -0.4 is 9.64 Å². The lowest BCUT2D eigenvalue weighted by Gasteiger charge is -2.18. The molecule has 1 atom stereocenters. The largest absolute Gasteiger partial charge is 0.495 e. The van der Waals surface area contributed by atoms with E-state index in [1.54, 1.807) is 12.0 Å². The molecule has 1 saturated heterocycles. The van der Waals surface area contributed by atoms with Gasteiger partial charge in [0.05, 0.1) is 18.3 Å². The van der Waals surface area contributed by atoms with E-state index in [1.165, 1.54) is 0 Å². The highest BCUT2D eigenvalue weighted by molar-refractivity contribution is 5.97. The summed E-state index contributed by atoms with van der Waals surface area (Å²) >= 11 is 0. The van der Waals surface area contributed by atoms with Gasteiger partial charge in [-0.2, -0.15) is 10.1 Å². The van der Waals surface area contributed by atoms with Gasteiger partial charge in [0.15, 0.2) is 11.5 Å². The Labute approximate surface area is 160 Å². The van der Waals surface area contributed by atoms with Crippen LogP contribution in [0.4, 0.5) is 5.69 Å². The van der Waals surface area contributed by atoms with E-state index in [0.29, 0.717) is 36.1 Å². The number of nitrogens with zero attached hydrogens (tertiary/aromatic N) is 4. The second-order valence-electron chi connectivity index (χ2n) is 6.65. The summed E-state index contributed by atoms with van der Waals surface area (Å²) < 4.78 is 10.8. The average molecular weight is 375 g/mol. The van der Waals surface area contributed by atoms with Crippen molar-refractivity contribution in [2.45, 2.75) is 12.3 Å². The SMILES string of the molecule is COc1ccccc1N1CC(c2noc(-c3n[nH]c4ccccc34)n2)CC1=O. The lowest BCUT2D eigenvalue weighted by atomic mass is 10.1. The van der Waals surface area contributed by atoms with Gasteiger partial charge in [-0.3, -0.25) is 9.89 Å². The molecule has 8 heteroatoms. The molecule has 4 aromatic rings. The minimum atomic E-state index is -0.153. The predicted molar refractivity (Wildman–Crippen MR) is 102 cm³/mol. The zero-order valence-corrected chi connectivity index (χ0v) is 15.1. The second-order valence-corrected chi connectivity index (χ2v) is 6.65. The Kier molecular flexibility index (Phi) is 3.82. The number of hydrogen-bond acceptors (Lipinski definition) is 6. The maximum atomic E-state index is 12.6. The van der Waals surface area contributed by atoms with E-state index in [0.717, 1.165) is 16.6 Å². The van der Waals surface area contributed by atoms with Crippen molar-refractivity contribution in [2.24, 2.45) is 0 Å². The quantitative estimate of drug-likeness (QED) is 0.588. The molecule has 28 heavy (non-hydrogen) atoms. The van der Waals surface area contributed by atoms with Gasteiger partial charge in [0, 0.05) is 24.3 Å². The average Bonchev–Trinajstić information content (AvgIpc) is 3.45. The summed E-state index contributed by atoms with van der Waals surface area (Å²) in [5.74, 6) is 1.36. The lowest BCUT2D eigenvalue weighted by molar-refractivity contribution is -0.117. The normalized spacial score (nSPS) is 16.8. The van der Waals surface area contributed by atoms with Crippen LogP contribution in [0.5, 0.6) is 5.75 Å². The van der Waals surface area contributed by atoms with Crippen LogP contribution in [-0.2, 0) is 4.79 Å². The van der Waals surface area contributed by atoms with Crippen molar-refractivity contribution < 1.29 is 14.1 Å². The molecule has 8 nitrogen and oxygen atoms in total. The van der Waals surface area contributed by atoms with Crippen molar-refractivity contribution in [2.75, 3.05) is 18.6 Å². The highest BCUT2D eigenvalue weighted by Gasteiger charge is 2.36. The molecule has 0 bridgehead atoms. The molecular weight excluding hydrogens is 358 g/mol. The minimum absolute atomic E-state index is 0.00562. The molecule has 3 heterocycles. The summed E-state index contributed by atoms with van der Waals surface area (Å²) in [6, 6.07) is 15.2. The number of aromatic amines is 1. The number of anilines is 1. The van der Waals surface area contributed by atoms with Gasteiger partial charge in [-0.1, -0.05) is 35.5 Å². The second kappa shape index (κ2) is 6.49. The molecule has 0 aliphatic carbocycles. The van der Waals surface area contributed by atoms with E-state index in [4.69, 9.17) is 9.26 Å². The van der Waals surface area contributed by atoms with E-state index in [9.17, 15) is 4.79 Å². The maximum absolute atomic E-state index is 12.6. The number of ether oxygens (including phenoxy) is 1. The number of aromatic nitrogens is 4. The van der Waals surface area contributed by atoms with Crippen LogP contribution in [-0.4, -0.2) is 39.9 Å². The van der Waals surface area contributed by atoms with Gasteiger partial charge in [-0.05, 0) is 18.2 Å². The number of benzene rings is 2. The van der Waals surface area contributed by atoms with E-state index in [2.05, 4.69) is 20.3 Å². The number of fused-ring (bicyclic) bond motifs is 1. The molecule has 0 radical (unpaired) electrons. The van der Waals surface area contributed by atoms with Crippen LogP contribution in [0.2, 0.25) is 0 Å². The molecule has 2 aromatic carbocycles. The molecule has 1 fully saturated rings. The van der Waals surface area contributed by atoms with Gasteiger partial charge >= 0.3 is 0 Å². The van der Waals surface area contributed by atoms with Crippen molar-refractivity contribution in [3.8, 4) is 17.3 Å². The number of H-pyrrole nitrogens is 1. The molecule has 1 N–H and O–H groups in total. The Morgan fingerprint density at radius 1 is 1.18 bits per heavy atom. The zero-order chi connectivity index (χ0) is 19.1. The van der Waals surface area contributed by atoms with Gasteiger partial charge in [-0.15, -0.1) is 0 Å². The first-order valence-electron chi connectivity index (χ1n) is 8.95. The first-order valence-corrected chi connectivity index (χ1v) is 8.95. The summed E-state index contributed by atoms with van der Waals surface area (Å²) in [6.07, 6.45) is 0.318. The molecule has 1 amide bonds. The number of rotatable bonds is 4. The Balaban J connectivity index is 1.43. The van der Waals surface area contributed by atoms with E-state index < -0.39 is 0 Å². The first-order chi connectivity index (χ1) is 13.7. The first kappa shape index (κ1) is 16.5. The fraction of sp³-hybridized carbons (Fsp3) is 0.200. The van der Waals surface area contributed by atoms with Crippen molar-refractivity contribution in [3.63, 3.8) is 0 Å². The predicted octanol–water partition coefficient (Wildman–Crippen LogP) is 3.14. The molecule has 140 valence electrons. The van der Waals surface area contributed by atoms with Crippen molar-refractivity contribution in [3.05, 3.63) is 54.4 Å². The van der Waals surface area contributed by atoms with Crippen molar-refractivity contribution in [1.82, 2.24) is 20.3 Å². The summed E-state index contributed by atoms with van der Waals surface area (Å²) in [5.41, 5.74) is 2.26. The number of carbonyl (C=O) groups is 1. The number of para-hydroxylation sites is 3. The number of amides is 1. The Hall–Kier alpha value is -3.68. The molecular formula is C20H17N5O3. The molecule has 0 spiro atoms. The van der Waals surface area contributed by atoms with Gasteiger partial charge in [-0.25, -0.2) is 0 Å². The fourth-order valence-corrected chi connectivity index (χ4v) is 3.59. The Morgan fingerprint density at radius 3 is 2.89 bits per heavy atom. The number of methoxy groups -OCH3 is 1. The van der Waals surface area contributed by atoms with E-state index in [1.807, 2.05) is 48.5 Å². The third kappa shape index (κ3) is 2.61. The summed E-state index contributed by atoms with van der Waals surface area (Å²) in [6.45, 7) is 0.472. The molecule has 1 aliphatic rings. The van der Waals surface area contributed by atoms with Crippen LogP contribution in [0, 0.1) is 0 Å². The number of nitrogens with one attached hydrogen (secondary N) is 1. The third-order valence-electron chi connectivity index (χ3n) is 4.98. The van der Waals surface area contributed by atoms with Crippen LogP contribution >= 0.6 is 0 Å². The Bertz CT molecular complexity index is 1170. The highest BCUT2D eigenvalue weighted by Crippen LogP contribution is 2.36. The van der Waals surface area contributed by atoms with Gasteiger partial charge < -0.3 is 14.2 Å². The monoisotopic (exact) mass is 375 g/mol. The molecule has 0 saturated carbocycles. The summed E-state index contributed by atoms with van der Waals surface area (Å²) in [4.78, 5) is 18.8. The third-order valence-corrected chi connectivity index (χ3v) is 4.98. The minimum Gasteiger partial charge on any atom is -0.495 e. The van der Waals surface area contributed by atoms with Crippen LogP contribution in [0.25, 0.3) is 22.5 Å². The standard InChI is InChI=1S/C20H17N5O3/c1-27-16-9-5-4-8-15(16)25-11-12(10-17(25)26)19-21-20(28-24-19)18-13-6-2-3-7-14(13)22-23-18/h2-9,12H,10-11H2,1H3,(H,22,23). The van der Waals surface area contributed by atoms with Crippen LogP contribution in [0.15, 0.2) is 53.1 Å². The Morgan fingerprint density at radius 2 is 2.00 bits per heavy atom. The number of carbonyl (C=O) groups excluding carboxylic acids is 1. The van der Waals surface area contributed by atoms with E-state index in [-0.39, 0.29) is 11.8 Å². The van der Waals surface area contributed by atoms with Crippen LogP contribution in [0.3, 0.4) is 0 Å². The highest BCUT2D eigenvalue weighted by atomic mass is 16.5. The lowest BCUT2D eigenvalue weighted by Crippen LogP contribution is -2.24. The molecule has 1 aliphatic heterocycles. The molecule has 2 aromatic heterocycles. The zero-order valence-electron chi connectivity index (χ0n) is 15.1. The molecule has 1 unspecified atom stereocenters. The topological polar surface area (TPSA) is 97.1 Å². The fourth-order valence-electron chi connectivity index (χ4n) is 3.59. The smallest absolute Gasteiger partial charge is 0.279 e. The van der Waals surface area contributed by atoms with Gasteiger partial charge in [0.1, 0.15) is 5.75 Å². The van der Waals surface area contributed by atoms with Gasteiger partial charge in [0.25, 0.3) is 5.89 Å². The maximum Gasteiger partial charge on any atom is 0.279 e. The van der Waals surface area contributed by atoms with Crippen molar-refractivity contribution in [1.29, 1.82) is 0 Å².